The topological polar surface area (TPSA) is 91.8 Å². The Balaban J connectivity index is 1.70. The lowest BCUT2D eigenvalue weighted by molar-refractivity contribution is -0.131. The molecule has 1 aliphatic heterocycles. The molecule has 0 bridgehead atoms. The van der Waals surface area contributed by atoms with Crippen molar-refractivity contribution < 1.29 is 26.0 Å². The molecule has 0 spiro atoms. The van der Waals surface area contributed by atoms with Crippen LogP contribution >= 0.6 is 0 Å². The lowest BCUT2D eigenvalue weighted by Gasteiger charge is -2.34. The Morgan fingerprint density at radius 2 is 1.45 bits per heavy atom. The van der Waals surface area contributed by atoms with E-state index in [2.05, 4.69) is 0 Å². The highest BCUT2D eigenvalue weighted by Gasteiger charge is 2.33. The standard InChI is InChI=1S/C19H21FN2O5S2/c1-28(24,25)17-4-2-3-5-18(17)29(26,27)22-12-10-21(11-13-22)19(23)14-15-6-8-16(20)9-7-15/h2-9H,10-14H2,1H3. The molecule has 0 atom stereocenters. The van der Waals surface area contributed by atoms with E-state index < -0.39 is 19.9 Å². The highest BCUT2D eigenvalue weighted by atomic mass is 32.2. The average molecular weight is 441 g/mol. The van der Waals surface area contributed by atoms with Crippen LogP contribution in [0.2, 0.25) is 0 Å². The molecule has 2 aromatic carbocycles. The van der Waals surface area contributed by atoms with Crippen LogP contribution < -0.4 is 0 Å². The summed E-state index contributed by atoms with van der Waals surface area (Å²) in [7, 11) is -7.73. The number of piperazine rings is 1. The molecular weight excluding hydrogens is 419 g/mol. The Kier molecular flexibility index (Phi) is 6.06. The predicted molar refractivity (Wildman–Crippen MR) is 105 cm³/mol. The van der Waals surface area contributed by atoms with Crippen molar-refractivity contribution in [3.8, 4) is 0 Å². The van der Waals surface area contributed by atoms with E-state index in [-0.39, 0.29) is 54.1 Å². The third-order valence-electron chi connectivity index (χ3n) is 4.73. The Morgan fingerprint density at radius 1 is 0.897 bits per heavy atom. The molecule has 2 aromatic rings. The minimum atomic E-state index is -4.01. The molecule has 0 radical (unpaired) electrons. The third kappa shape index (κ3) is 4.82. The second-order valence-electron chi connectivity index (χ2n) is 6.81. The van der Waals surface area contributed by atoms with Crippen molar-refractivity contribution in [3.05, 3.63) is 59.9 Å². The lowest BCUT2D eigenvalue weighted by Crippen LogP contribution is -2.51. The van der Waals surface area contributed by atoms with E-state index in [0.717, 1.165) is 6.26 Å². The van der Waals surface area contributed by atoms with E-state index in [1.807, 2.05) is 0 Å². The smallest absolute Gasteiger partial charge is 0.244 e. The van der Waals surface area contributed by atoms with Gasteiger partial charge in [0.25, 0.3) is 0 Å². The maximum atomic E-state index is 13.0. The van der Waals surface area contributed by atoms with E-state index in [0.29, 0.717) is 5.56 Å². The Labute approximate surface area is 169 Å². The minimum Gasteiger partial charge on any atom is -0.340 e. The molecule has 29 heavy (non-hydrogen) atoms. The molecule has 1 heterocycles. The quantitative estimate of drug-likeness (QED) is 0.699. The molecule has 0 aromatic heterocycles. The normalized spacial score (nSPS) is 16.0. The van der Waals surface area contributed by atoms with Crippen molar-refractivity contribution in [2.24, 2.45) is 0 Å². The summed E-state index contributed by atoms with van der Waals surface area (Å²) in [6.07, 6.45) is 1.07. The highest BCUT2D eigenvalue weighted by Crippen LogP contribution is 2.25. The average Bonchev–Trinajstić information content (AvgIpc) is 2.69. The maximum absolute atomic E-state index is 13.0. The summed E-state index contributed by atoms with van der Waals surface area (Å²) in [5.41, 5.74) is 0.675. The van der Waals surface area contributed by atoms with Crippen LogP contribution in [-0.2, 0) is 31.1 Å². The number of hydrogen-bond donors (Lipinski definition) is 0. The first-order valence-electron chi connectivity index (χ1n) is 8.90. The van der Waals surface area contributed by atoms with Crippen LogP contribution in [0.4, 0.5) is 4.39 Å². The maximum Gasteiger partial charge on any atom is 0.244 e. The molecule has 10 heteroatoms. The lowest BCUT2D eigenvalue weighted by atomic mass is 10.1. The third-order valence-corrected chi connectivity index (χ3v) is 7.97. The number of benzene rings is 2. The van der Waals surface area contributed by atoms with E-state index in [9.17, 15) is 26.0 Å². The summed E-state index contributed by atoms with van der Waals surface area (Å²) in [6.45, 7) is 0.520. The summed E-state index contributed by atoms with van der Waals surface area (Å²) in [6, 6.07) is 11.1. The van der Waals surface area contributed by atoms with Crippen LogP contribution in [0.15, 0.2) is 58.3 Å². The van der Waals surface area contributed by atoms with Crippen molar-refractivity contribution in [3.63, 3.8) is 0 Å². The van der Waals surface area contributed by atoms with Crippen molar-refractivity contribution >= 4 is 25.8 Å². The Morgan fingerprint density at radius 3 is 2.00 bits per heavy atom. The number of carbonyl (C=O) groups excluding carboxylic acids is 1. The van der Waals surface area contributed by atoms with Crippen LogP contribution in [0.25, 0.3) is 0 Å². The van der Waals surface area contributed by atoms with Crippen molar-refractivity contribution in [2.45, 2.75) is 16.2 Å². The number of halogens is 1. The van der Waals surface area contributed by atoms with Crippen LogP contribution in [0.1, 0.15) is 5.56 Å². The fraction of sp³-hybridized carbons (Fsp3) is 0.316. The molecule has 3 rings (SSSR count). The molecule has 0 saturated carbocycles. The van der Waals surface area contributed by atoms with Gasteiger partial charge in [-0.1, -0.05) is 24.3 Å². The molecule has 1 saturated heterocycles. The SMILES string of the molecule is CS(=O)(=O)c1ccccc1S(=O)(=O)N1CCN(C(=O)Cc2ccc(F)cc2)CC1. The summed E-state index contributed by atoms with van der Waals surface area (Å²) in [4.78, 5) is 13.5. The molecule has 1 amide bonds. The second-order valence-corrected chi connectivity index (χ2v) is 10.7. The van der Waals surface area contributed by atoms with Crippen molar-refractivity contribution in [1.82, 2.24) is 9.21 Å². The fourth-order valence-corrected chi connectivity index (χ4v) is 6.20. The number of sulfonamides is 1. The molecule has 0 unspecified atom stereocenters. The van der Waals surface area contributed by atoms with Gasteiger partial charge in [-0.15, -0.1) is 0 Å². The molecule has 156 valence electrons. The van der Waals surface area contributed by atoms with Gasteiger partial charge in [0.15, 0.2) is 9.84 Å². The van der Waals surface area contributed by atoms with Gasteiger partial charge in [0, 0.05) is 32.4 Å². The summed E-state index contributed by atoms with van der Waals surface area (Å²) < 4.78 is 64.0. The van der Waals surface area contributed by atoms with E-state index in [1.54, 1.807) is 4.90 Å². The first-order chi connectivity index (χ1) is 13.6. The van der Waals surface area contributed by atoms with Gasteiger partial charge in [0.2, 0.25) is 15.9 Å². The Bertz CT molecular complexity index is 1110. The summed E-state index contributed by atoms with van der Waals surface area (Å²) >= 11 is 0. The van der Waals surface area contributed by atoms with E-state index >= 15 is 0 Å². The van der Waals surface area contributed by atoms with Gasteiger partial charge in [0.05, 0.1) is 11.3 Å². The monoisotopic (exact) mass is 440 g/mol. The van der Waals surface area contributed by atoms with Crippen molar-refractivity contribution in [1.29, 1.82) is 0 Å². The minimum absolute atomic E-state index is 0.0651. The zero-order chi connectivity index (χ0) is 21.2. The fourth-order valence-electron chi connectivity index (χ4n) is 3.18. The van der Waals surface area contributed by atoms with Crippen LogP contribution in [0.5, 0.6) is 0 Å². The molecule has 7 nitrogen and oxygen atoms in total. The molecule has 0 N–H and O–H groups in total. The van der Waals surface area contributed by atoms with Crippen LogP contribution in [0, 0.1) is 5.82 Å². The second kappa shape index (κ2) is 8.21. The van der Waals surface area contributed by atoms with Crippen LogP contribution in [-0.4, -0.2) is 64.4 Å². The number of rotatable bonds is 5. The van der Waals surface area contributed by atoms with Gasteiger partial charge in [-0.2, -0.15) is 4.31 Å². The number of nitrogens with zero attached hydrogens (tertiary/aromatic N) is 2. The predicted octanol–water partition coefficient (Wildman–Crippen LogP) is 1.30. The van der Waals surface area contributed by atoms with Crippen LogP contribution in [0.3, 0.4) is 0 Å². The van der Waals surface area contributed by atoms with Gasteiger partial charge < -0.3 is 4.90 Å². The summed E-state index contributed by atoms with van der Waals surface area (Å²) in [5, 5.41) is 0. The number of hydrogen-bond acceptors (Lipinski definition) is 5. The van der Waals surface area contributed by atoms with Gasteiger partial charge in [-0.25, -0.2) is 21.2 Å². The van der Waals surface area contributed by atoms with Crippen molar-refractivity contribution in [2.75, 3.05) is 32.4 Å². The first kappa shape index (κ1) is 21.4. The summed E-state index contributed by atoms with van der Waals surface area (Å²) in [5.74, 6) is -0.556. The molecule has 1 fully saturated rings. The van der Waals surface area contributed by atoms with Gasteiger partial charge in [-0.3, -0.25) is 4.79 Å². The first-order valence-corrected chi connectivity index (χ1v) is 12.2. The highest BCUT2D eigenvalue weighted by molar-refractivity contribution is 7.93. The zero-order valence-corrected chi connectivity index (χ0v) is 17.4. The van der Waals surface area contributed by atoms with E-state index in [4.69, 9.17) is 0 Å². The van der Waals surface area contributed by atoms with Gasteiger partial charge in [-0.05, 0) is 29.8 Å². The molecule has 1 aliphatic rings. The molecule has 0 aliphatic carbocycles. The van der Waals surface area contributed by atoms with E-state index in [1.165, 1.54) is 52.8 Å². The largest absolute Gasteiger partial charge is 0.340 e. The Hall–Kier alpha value is -2.30. The molecular formula is C19H21FN2O5S2. The number of amides is 1. The zero-order valence-electron chi connectivity index (χ0n) is 15.8. The van der Waals surface area contributed by atoms with Gasteiger partial charge in [0.1, 0.15) is 10.7 Å². The number of sulfone groups is 1. The number of carbonyl (C=O) groups is 1. The van der Waals surface area contributed by atoms with Gasteiger partial charge >= 0.3 is 0 Å².